The molecule has 1 atom stereocenters. The van der Waals surface area contributed by atoms with Crippen molar-refractivity contribution in [2.45, 2.75) is 58.2 Å². The lowest BCUT2D eigenvalue weighted by molar-refractivity contribution is -0.126. The molecule has 1 N–H and O–H groups in total. The van der Waals surface area contributed by atoms with E-state index in [1.54, 1.807) is 4.68 Å². The summed E-state index contributed by atoms with van der Waals surface area (Å²) in [6, 6.07) is 7.65. The highest BCUT2D eigenvalue weighted by atomic mass is 32.2. The Kier molecular flexibility index (Phi) is 7.97. The summed E-state index contributed by atoms with van der Waals surface area (Å²) >= 11 is 1.24. The Hall–Kier alpha value is -2.22. The number of nitrogens with zero attached hydrogens (tertiary/aromatic N) is 4. The first-order valence-electron chi connectivity index (χ1n) is 9.22. The summed E-state index contributed by atoms with van der Waals surface area (Å²) in [7, 11) is 0. The number of benzene rings is 1. The fourth-order valence-corrected chi connectivity index (χ4v) is 3.40. The summed E-state index contributed by atoms with van der Waals surface area (Å²) < 4.78 is 1.62. The van der Waals surface area contributed by atoms with Crippen molar-refractivity contribution in [2.24, 2.45) is 5.92 Å². The number of tetrazole rings is 1. The van der Waals surface area contributed by atoms with Gasteiger partial charge in [0.05, 0.1) is 17.5 Å². The average molecular weight is 390 g/mol. The first-order valence-corrected chi connectivity index (χ1v) is 10.2. The number of hydrogen-bond acceptors (Lipinski definition) is 6. The van der Waals surface area contributed by atoms with Crippen LogP contribution in [-0.4, -0.2) is 43.7 Å². The quantitative estimate of drug-likeness (QED) is 0.629. The highest BCUT2D eigenvalue weighted by Crippen LogP contribution is 2.19. The van der Waals surface area contributed by atoms with Crippen LogP contribution < -0.4 is 5.32 Å². The Balaban J connectivity index is 1.98. The van der Waals surface area contributed by atoms with Gasteiger partial charge in [-0.05, 0) is 53.8 Å². The molecule has 0 aliphatic heterocycles. The van der Waals surface area contributed by atoms with Gasteiger partial charge in [-0.2, -0.15) is 4.68 Å². The van der Waals surface area contributed by atoms with E-state index in [2.05, 4.69) is 39.9 Å². The summed E-state index contributed by atoms with van der Waals surface area (Å²) in [4.78, 5) is 23.8. The Morgan fingerprint density at radius 2 is 1.93 bits per heavy atom. The van der Waals surface area contributed by atoms with Gasteiger partial charge >= 0.3 is 0 Å². The Bertz CT molecular complexity index is 758. The molecule has 1 unspecified atom stereocenters. The number of nitrogens with one attached hydrogen (secondary N) is 1. The van der Waals surface area contributed by atoms with E-state index in [9.17, 15) is 9.59 Å². The van der Waals surface area contributed by atoms with Crippen LogP contribution in [0.25, 0.3) is 5.69 Å². The minimum atomic E-state index is -0.468. The highest BCUT2D eigenvalue weighted by molar-refractivity contribution is 7.99. The van der Waals surface area contributed by atoms with Crippen molar-refractivity contribution >= 4 is 23.5 Å². The zero-order chi connectivity index (χ0) is 19.8. The number of carbonyl (C=O) groups excluding carboxylic acids is 2. The van der Waals surface area contributed by atoms with Gasteiger partial charge in [0.2, 0.25) is 11.1 Å². The second kappa shape index (κ2) is 10.2. The highest BCUT2D eigenvalue weighted by Gasteiger charge is 2.21. The summed E-state index contributed by atoms with van der Waals surface area (Å²) in [5.41, 5.74) is 2.14. The molecule has 0 saturated carbocycles. The molecule has 0 fully saturated rings. The minimum absolute atomic E-state index is 0.0450. The predicted molar refractivity (Wildman–Crippen MR) is 106 cm³/mol. The molecule has 7 nitrogen and oxygen atoms in total. The zero-order valence-electron chi connectivity index (χ0n) is 16.3. The topological polar surface area (TPSA) is 89.8 Å². The number of carbonyl (C=O) groups is 2. The van der Waals surface area contributed by atoms with Crippen LogP contribution >= 0.6 is 11.8 Å². The zero-order valence-corrected chi connectivity index (χ0v) is 17.1. The number of thioether (sulfide) groups is 1. The van der Waals surface area contributed by atoms with Crippen molar-refractivity contribution in [3.05, 3.63) is 29.8 Å². The number of unbranched alkanes of at least 4 members (excludes halogenated alkanes) is 1. The molecule has 0 spiro atoms. The molecule has 0 aliphatic rings. The molecule has 1 heterocycles. The SMILES string of the molecule is CCCCc1ccc(-n2nnnc2SCC(=O)NC(C(C)=O)C(C)C)cc1. The van der Waals surface area contributed by atoms with E-state index in [0.717, 1.165) is 18.5 Å². The van der Waals surface area contributed by atoms with Crippen LogP contribution in [0, 0.1) is 5.92 Å². The van der Waals surface area contributed by atoms with Crippen molar-refractivity contribution in [3.63, 3.8) is 0 Å². The van der Waals surface area contributed by atoms with Crippen LogP contribution in [-0.2, 0) is 16.0 Å². The maximum atomic E-state index is 12.2. The maximum absolute atomic E-state index is 12.2. The van der Waals surface area contributed by atoms with Gasteiger partial charge in [0.15, 0.2) is 5.78 Å². The number of aryl methyl sites for hydroxylation is 1. The second-order valence-electron chi connectivity index (χ2n) is 6.83. The lowest BCUT2D eigenvalue weighted by Gasteiger charge is -2.19. The summed E-state index contributed by atoms with van der Waals surface area (Å²) in [6.07, 6.45) is 3.39. The molecule has 2 rings (SSSR count). The van der Waals surface area contributed by atoms with E-state index in [0.29, 0.717) is 5.16 Å². The van der Waals surface area contributed by atoms with Gasteiger partial charge in [0.25, 0.3) is 0 Å². The molecule has 0 bridgehead atoms. The number of rotatable bonds is 10. The van der Waals surface area contributed by atoms with Crippen molar-refractivity contribution in [1.82, 2.24) is 25.5 Å². The van der Waals surface area contributed by atoms with Crippen LogP contribution in [0.3, 0.4) is 0 Å². The minimum Gasteiger partial charge on any atom is -0.345 e. The van der Waals surface area contributed by atoms with Gasteiger partial charge in [0.1, 0.15) is 0 Å². The third-order valence-corrected chi connectivity index (χ3v) is 5.11. The number of hydrogen-bond donors (Lipinski definition) is 1. The molecule has 27 heavy (non-hydrogen) atoms. The molecule has 2 aromatic rings. The van der Waals surface area contributed by atoms with Gasteiger partial charge in [-0.15, -0.1) is 5.10 Å². The molecule has 8 heteroatoms. The fraction of sp³-hybridized carbons (Fsp3) is 0.526. The third kappa shape index (κ3) is 6.16. The average Bonchev–Trinajstić information content (AvgIpc) is 3.11. The van der Waals surface area contributed by atoms with Gasteiger partial charge in [-0.25, -0.2) is 0 Å². The number of amides is 1. The first kappa shape index (κ1) is 21.1. The molecule has 1 amide bonds. The van der Waals surface area contributed by atoms with E-state index in [4.69, 9.17) is 0 Å². The van der Waals surface area contributed by atoms with E-state index < -0.39 is 6.04 Å². The summed E-state index contributed by atoms with van der Waals surface area (Å²) in [6.45, 7) is 7.48. The largest absolute Gasteiger partial charge is 0.345 e. The van der Waals surface area contributed by atoms with Crippen molar-refractivity contribution < 1.29 is 9.59 Å². The Morgan fingerprint density at radius 1 is 1.22 bits per heavy atom. The molecule has 0 aliphatic carbocycles. The van der Waals surface area contributed by atoms with E-state index >= 15 is 0 Å². The molecular weight excluding hydrogens is 362 g/mol. The van der Waals surface area contributed by atoms with Crippen LogP contribution in [0.2, 0.25) is 0 Å². The number of aromatic nitrogens is 4. The monoisotopic (exact) mass is 389 g/mol. The Labute approximate surface area is 164 Å². The van der Waals surface area contributed by atoms with Crippen LogP contribution in [0.15, 0.2) is 29.4 Å². The first-order chi connectivity index (χ1) is 12.9. The predicted octanol–water partition coefficient (Wildman–Crippen LogP) is 2.83. The summed E-state index contributed by atoms with van der Waals surface area (Å²) in [5, 5.41) is 15.1. The normalized spacial score (nSPS) is 12.2. The lowest BCUT2D eigenvalue weighted by atomic mass is 10.0. The maximum Gasteiger partial charge on any atom is 0.231 e. The molecule has 1 aromatic carbocycles. The molecular formula is C19H27N5O2S. The van der Waals surface area contributed by atoms with E-state index in [1.807, 2.05) is 26.0 Å². The van der Waals surface area contributed by atoms with Gasteiger partial charge in [-0.3, -0.25) is 9.59 Å². The molecule has 0 radical (unpaired) electrons. The fourth-order valence-electron chi connectivity index (χ4n) is 2.70. The summed E-state index contributed by atoms with van der Waals surface area (Å²) in [5.74, 6) is -0.0615. The van der Waals surface area contributed by atoms with Crippen molar-refractivity contribution in [1.29, 1.82) is 0 Å². The smallest absolute Gasteiger partial charge is 0.231 e. The lowest BCUT2D eigenvalue weighted by Crippen LogP contribution is -2.44. The van der Waals surface area contributed by atoms with Crippen molar-refractivity contribution in [2.75, 3.05) is 5.75 Å². The van der Waals surface area contributed by atoms with Gasteiger partial charge in [0, 0.05) is 0 Å². The van der Waals surface area contributed by atoms with Crippen LogP contribution in [0.4, 0.5) is 0 Å². The number of ketones is 1. The van der Waals surface area contributed by atoms with E-state index in [1.165, 1.54) is 30.7 Å². The Morgan fingerprint density at radius 3 is 2.52 bits per heavy atom. The molecule has 1 aromatic heterocycles. The number of Topliss-reactive ketones (excluding diaryl/α,β-unsaturated/α-hetero) is 1. The standard InChI is InChI=1S/C19H27N5O2S/c1-5-6-7-15-8-10-16(11-9-15)24-19(21-22-23-24)27-12-17(26)20-18(13(2)3)14(4)25/h8-11,13,18H,5-7,12H2,1-4H3,(H,20,26). The van der Waals surface area contributed by atoms with Crippen LogP contribution in [0.5, 0.6) is 0 Å². The second-order valence-corrected chi connectivity index (χ2v) is 7.77. The van der Waals surface area contributed by atoms with Crippen molar-refractivity contribution in [3.8, 4) is 5.69 Å². The van der Waals surface area contributed by atoms with Crippen LogP contribution in [0.1, 0.15) is 46.1 Å². The van der Waals surface area contributed by atoms with E-state index in [-0.39, 0.29) is 23.4 Å². The van der Waals surface area contributed by atoms with Gasteiger partial charge < -0.3 is 5.32 Å². The third-order valence-electron chi connectivity index (χ3n) is 4.19. The molecule has 0 saturated heterocycles. The van der Waals surface area contributed by atoms with Gasteiger partial charge in [-0.1, -0.05) is 51.1 Å². The molecule has 146 valence electrons.